The summed E-state index contributed by atoms with van der Waals surface area (Å²) in [5.74, 6) is -1.12. The smallest absolute Gasteiger partial charge is 0.247 e. The molecule has 1 aromatic rings. The van der Waals surface area contributed by atoms with Crippen molar-refractivity contribution < 1.29 is 18.8 Å². The maximum atomic E-state index is 13.1. The molecule has 2 atom stereocenters. The minimum Gasteiger partial charge on any atom is -0.352 e. The number of nitrogens with zero attached hydrogens (tertiary/aromatic N) is 1. The first kappa shape index (κ1) is 14.5. The van der Waals surface area contributed by atoms with Crippen LogP contribution in [0.3, 0.4) is 0 Å². The van der Waals surface area contributed by atoms with E-state index in [1.807, 2.05) is 0 Å². The Bertz CT molecular complexity index is 617. The molecular weight excluding hydrogens is 289 g/mol. The van der Waals surface area contributed by atoms with Crippen molar-refractivity contribution in [1.29, 1.82) is 0 Å². The predicted octanol–water partition coefficient (Wildman–Crippen LogP) is 0.104. The number of carbonyl (C=O) groups is 3. The molecule has 2 N–H and O–H groups in total. The first-order chi connectivity index (χ1) is 10.6. The number of rotatable bonds is 2. The Morgan fingerprint density at radius 1 is 1.23 bits per heavy atom. The first-order valence-electron chi connectivity index (χ1n) is 7.19. The van der Waals surface area contributed by atoms with Crippen LogP contribution in [0.15, 0.2) is 24.3 Å². The molecule has 0 aliphatic carbocycles. The lowest BCUT2D eigenvalue weighted by atomic mass is 10.0. The lowest BCUT2D eigenvalue weighted by Crippen LogP contribution is -2.56. The minimum absolute atomic E-state index is 0.154. The fourth-order valence-electron chi connectivity index (χ4n) is 2.88. The van der Waals surface area contributed by atoms with Gasteiger partial charge in [0.25, 0.3) is 0 Å². The Morgan fingerprint density at radius 2 is 1.95 bits per heavy atom. The Balaban J connectivity index is 1.86. The van der Waals surface area contributed by atoms with E-state index in [1.165, 1.54) is 29.2 Å². The van der Waals surface area contributed by atoms with Crippen molar-refractivity contribution in [3.05, 3.63) is 35.6 Å². The largest absolute Gasteiger partial charge is 0.352 e. The van der Waals surface area contributed by atoms with Crippen LogP contribution >= 0.6 is 0 Å². The third kappa shape index (κ3) is 2.66. The monoisotopic (exact) mass is 305 g/mol. The van der Waals surface area contributed by atoms with Crippen LogP contribution in [0.2, 0.25) is 0 Å². The van der Waals surface area contributed by atoms with Gasteiger partial charge in [-0.2, -0.15) is 0 Å². The van der Waals surface area contributed by atoms with Gasteiger partial charge in [-0.15, -0.1) is 0 Å². The summed E-state index contributed by atoms with van der Waals surface area (Å²) in [5, 5.41) is 5.34. The summed E-state index contributed by atoms with van der Waals surface area (Å²) < 4.78 is 13.1. The van der Waals surface area contributed by atoms with E-state index >= 15 is 0 Å². The molecule has 2 aliphatic rings. The van der Waals surface area contributed by atoms with Gasteiger partial charge in [0.05, 0.1) is 0 Å². The zero-order valence-electron chi connectivity index (χ0n) is 11.8. The molecule has 2 heterocycles. The molecule has 0 aromatic heterocycles. The number of nitrogens with one attached hydrogen (secondary N) is 2. The van der Waals surface area contributed by atoms with Crippen molar-refractivity contribution in [2.45, 2.75) is 24.9 Å². The van der Waals surface area contributed by atoms with Gasteiger partial charge in [-0.1, -0.05) is 12.1 Å². The van der Waals surface area contributed by atoms with Crippen LogP contribution in [-0.4, -0.2) is 41.8 Å². The van der Waals surface area contributed by atoms with E-state index in [4.69, 9.17) is 0 Å². The lowest BCUT2D eigenvalue weighted by Gasteiger charge is -2.36. The molecule has 7 heteroatoms. The second-order valence-electron chi connectivity index (χ2n) is 5.44. The molecule has 0 spiro atoms. The zero-order chi connectivity index (χ0) is 15.7. The Hall–Kier alpha value is -2.44. The van der Waals surface area contributed by atoms with E-state index in [0.29, 0.717) is 31.5 Å². The van der Waals surface area contributed by atoms with Crippen molar-refractivity contribution in [2.75, 3.05) is 13.1 Å². The van der Waals surface area contributed by atoms with Gasteiger partial charge in [0.2, 0.25) is 17.7 Å². The van der Waals surface area contributed by atoms with Crippen LogP contribution in [0, 0.1) is 5.82 Å². The molecule has 0 radical (unpaired) electrons. The molecule has 2 aliphatic heterocycles. The molecule has 1 aromatic carbocycles. The van der Waals surface area contributed by atoms with Crippen LogP contribution in [-0.2, 0) is 14.4 Å². The molecule has 0 saturated carbocycles. The zero-order valence-corrected chi connectivity index (χ0v) is 11.8. The molecule has 0 bridgehead atoms. The molecule has 2 unspecified atom stereocenters. The molecular formula is C15H16FN3O3. The Morgan fingerprint density at radius 3 is 2.59 bits per heavy atom. The van der Waals surface area contributed by atoms with Crippen molar-refractivity contribution >= 4 is 17.7 Å². The standard InChI is InChI=1S/C15H16FN3O3/c16-10-3-1-9(2-4-10)13-14(21)17-7-8-19(13)15(22)11-5-6-12(20)18-11/h1-4,11,13H,5-8H2,(H,17,21)(H,18,20). The number of hydrogen-bond acceptors (Lipinski definition) is 3. The van der Waals surface area contributed by atoms with Gasteiger partial charge in [0.1, 0.15) is 17.9 Å². The van der Waals surface area contributed by atoms with Crippen molar-refractivity contribution in [2.24, 2.45) is 0 Å². The van der Waals surface area contributed by atoms with Gasteiger partial charge < -0.3 is 15.5 Å². The average molecular weight is 305 g/mol. The third-order valence-electron chi connectivity index (χ3n) is 3.97. The summed E-state index contributed by atoms with van der Waals surface area (Å²) in [5.41, 5.74) is 0.552. The average Bonchev–Trinajstić information content (AvgIpc) is 2.94. The number of carbonyl (C=O) groups excluding carboxylic acids is 3. The van der Waals surface area contributed by atoms with E-state index in [-0.39, 0.29) is 17.7 Å². The topological polar surface area (TPSA) is 78.5 Å². The number of halogens is 1. The minimum atomic E-state index is -0.792. The number of hydrogen-bond donors (Lipinski definition) is 2. The second kappa shape index (κ2) is 5.75. The van der Waals surface area contributed by atoms with Crippen LogP contribution in [0.5, 0.6) is 0 Å². The lowest BCUT2D eigenvalue weighted by molar-refractivity contribution is -0.145. The second-order valence-corrected chi connectivity index (χ2v) is 5.44. The molecule has 116 valence electrons. The maximum Gasteiger partial charge on any atom is 0.247 e. The highest BCUT2D eigenvalue weighted by Gasteiger charge is 2.39. The normalized spacial score (nSPS) is 24.9. The van der Waals surface area contributed by atoms with E-state index in [9.17, 15) is 18.8 Å². The highest BCUT2D eigenvalue weighted by Crippen LogP contribution is 2.25. The van der Waals surface area contributed by atoms with Gasteiger partial charge >= 0.3 is 0 Å². The molecule has 2 fully saturated rings. The Kier molecular flexibility index (Phi) is 3.79. The van der Waals surface area contributed by atoms with Crippen LogP contribution in [0.25, 0.3) is 0 Å². The summed E-state index contributed by atoms with van der Waals surface area (Å²) in [6.07, 6.45) is 0.754. The van der Waals surface area contributed by atoms with Gasteiger partial charge in [-0.25, -0.2) is 4.39 Å². The highest BCUT2D eigenvalue weighted by atomic mass is 19.1. The number of piperazine rings is 1. The molecule has 22 heavy (non-hydrogen) atoms. The summed E-state index contributed by atoms with van der Waals surface area (Å²) in [7, 11) is 0. The summed E-state index contributed by atoms with van der Waals surface area (Å²) in [6, 6.07) is 4.14. The molecule has 6 nitrogen and oxygen atoms in total. The summed E-state index contributed by atoms with van der Waals surface area (Å²) in [6.45, 7) is 0.724. The first-order valence-corrected chi connectivity index (χ1v) is 7.19. The van der Waals surface area contributed by atoms with Gasteiger partial charge in [-0.3, -0.25) is 14.4 Å². The predicted molar refractivity (Wildman–Crippen MR) is 75.0 cm³/mol. The van der Waals surface area contributed by atoms with E-state index in [2.05, 4.69) is 10.6 Å². The van der Waals surface area contributed by atoms with E-state index in [1.54, 1.807) is 0 Å². The number of amides is 3. The molecule has 2 saturated heterocycles. The van der Waals surface area contributed by atoms with Crippen molar-refractivity contribution in [3.63, 3.8) is 0 Å². The van der Waals surface area contributed by atoms with Gasteiger partial charge in [-0.05, 0) is 24.1 Å². The fraction of sp³-hybridized carbons (Fsp3) is 0.400. The Labute approximate surface area is 126 Å². The SMILES string of the molecule is O=C1CCC(C(=O)N2CCNC(=O)C2c2ccc(F)cc2)N1. The van der Waals surface area contributed by atoms with E-state index in [0.717, 1.165) is 0 Å². The van der Waals surface area contributed by atoms with Crippen molar-refractivity contribution in [3.8, 4) is 0 Å². The highest BCUT2D eigenvalue weighted by molar-refractivity contribution is 5.95. The van der Waals surface area contributed by atoms with Gasteiger partial charge in [0.15, 0.2) is 0 Å². The van der Waals surface area contributed by atoms with Gasteiger partial charge in [0, 0.05) is 19.5 Å². The summed E-state index contributed by atoms with van der Waals surface area (Å²) >= 11 is 0. The molecule has 3 rings (SSSR count). The quantitative estimate of drug-likeness (QED) is 0.813. The van der Waals surface area contributed by atoms with Crippen LogP contribution < -0.4 is 10.6 Å². The van der Waals surface area contributed by atoms with Crippen molar-refractivity contribution in [1.82, 2.24) is 15.5 Å². The van der Waals surface area contributed by atoms with Crippen LogP contribution in [0.1, 0.15) is 24.4 Å². The maximum absolute atomic E-state index is 13.1. The fourth-order valence-corrected chi connectivity index (χ4v) is 2.88. The van der Waals surface area contributed by atoms with E-state index < -0.39 is 17.9 Å². The number of benzene rings is 1. The summed E-state index contributed by atoms with van der Waals surface area (Å²) in [4.78, 5) is 37.5. The molecule has 3 amide bonds. The third-order valence-corrected chi connectivity index (χ3v) is 3.97. The van der Waals surface area contributed by atoms with Crippen LogP contribution in [0.4, 0.5) is 4.39 Å².